The van der Waals surface area contributed by atoms with Crippen LogP contribution in [0.4, 0.5) is 0 Å². The van der Waals surface area contributed by atoms with Crippen molar-refractivity contribution in [2.24, 2.45) is 0 Å². The quantitative estimate of drug-likeness (QED) is 0.753. The number of carbonyl (C=O) groups is 1. The molecule has 0 radical (unpaired) electrons. The minimum Gasteiger partial charge on any atom is -0.371 e. The largest absolute Gasteiger partial charge is 0.371 e. The van der Waals surface area contributed by atoms with Crippen molar-refractivity contribution in [3.63, 3.8) is 0 Å². The molecule has 3 atom stereocenters. The number of sulfonamides is 1. The van der Waals surface area contributed by atoms with Gasteiger partial charge in [-0.1, -0.05) is 30.3 Å². The second kappa shape index (κ2) is 7.82. The van der Waals surface area contributed by atoms with E-state index in [1.54, 1.807) is 0 Å². The first kappa shape index (κ1) is 18.3. The van der Waals surface area contributed by atoms with Gasteiger partial charge in [-0.05, 0) is 12.0 Å². The molecule has 2 heterocycles. The molecule has 1 aromatic carbocycles. The van der Waals surface area contributed by atoms with Gasteiger partial charge in [-0.2, -0.15) is 0 Å². The molecule has 0 aromatic heterocycles. The number of benzene rings is 1. The van der Waals surface area contributed by atoms with E-state index in [0.29, 0.717) is 12.6 Å². The predicted octanol–water partition coefficient (Wildman–Crippen LogP) is 0.256. The Morgan fingerprint density at radius 1 is 1.28 bits per heavy atom. The van der Waals surface area contributed by atoms with E-state index in [1.165, 1.54) is 5.56 Å². The number of nitrogens with one attached hydrogen (secondary N) is 2. The molecule has 0 bridgehead atoms. The van der Waals surface area contributed by atoms with E-state index >= 15 is 0 Å². The number of rotatable bonds is 6. The molecule has 0 spiro atoms. The smallest absolute Gasteiger partial charge is 0.221 e. The zero-order chi connectivity index (χ0) is 17.9. The molecule has 3 rings (SSSR count). The number of ether oxygens (including phenoxy) is 1. The first-order chi connectivity index (χ1) is 11.9. The molecule has 25 heavy (non-hydrogen) atoms. The maximum absolute atomic E-state index is 12.0. The third kappa shape index (κ3) is 5.24. The molecule has 0 unspecified atom stereocenters. The molecule has 2 saturated heterocycles. The Labute approximate surface area is 148 Å². The van der Waals surface area contributed by atoms with Gasteiger partial charge in [0.1, 0.15) is 0 Å². The summed E-state index contributed by atoms with van der Waals surface area (Å²) in [7, 11) is -3.25. The summed E-state index contributed by atoms with van der Waals surface area (Å²) in [4.78, 5) is 14.4. The summed E-state index contributed by atoms with van der Waals surface area (Å²) in [6, 6.07) is 10.6. The molecular formula is C17H25N3O4S. The van der Waals surface area contributed by atoms with Gasteiger partial charge in [0.2, 0.25) is 15.9 Å². The summed E-state index contributed by atoms with van der Waals surface area (Å²) < 4.78 is 30.4. The zero-order valence-electron chi connectivity index (χ0n) is 14.3. The summed E-state index contributed by atoms with van der Waals surface area (Å²) in [6.07, 6.45) is 2.18. The van der Waals surface area contributed by atoms with Gasteiger partial charge in [-0.25, -0.2) is 13.1 Å². The summed E-state index contributed by atoms with van der Waals surface area (Å²) in [5.41, 5.74) is 1.18. The van der Waals surface area contributed by atoms with Gasteiger partial charge in [0, 0.05) is 38.1 Å². The number of amides is 1. The van der Waals surface area contributed by atoms with Crippen LogP contribution < -0.4 is 10.0 Å². The van der Waals surface area contributed by atoms with Gasteiger partial charge in [-0.3, -0.25) is 9.69 Å². The van der Waals surface area contributed by atoms with E-state index < -0.39 is 10.0 Å². The van der Waals surface area contributed by atoms with E-state index in [4.69, 9.17) is 4.74 Å². The van der Waals surface area contributed by atoms with Crippen molar-refractivity contribution in [1.82, 2.24) is 14.9 Å². The highest BCUT2D eigenvalue weighted by Crippen LogP contribution is 2.30. The molecule has 1 aromatic rings. The lowest BCUT2D eigenvalue weighted by Gasteiger charge is -2.35. The number of hydrogen-bond donors (Lipinski definition) is 2. The number of fused-ring (bicyclic) bond motifs is 1. The number of nitrogens with zero attached hydrogens (tertiary/aromatic N) is 1. The highest BCUT2D eigenvalue weighted by molar-refractivity contribution is 7.88. The van der Waals surface area contributed by atoms with E-state index in [2.05, 4.69) is 27.1 Å². The highest BCUT2D eigenvalue weighted by Gasteiger charge is 2.38. The lowest BCUT2D eigenvalue weighted by atomic mass is 10.1. The lowest BCUT2D eigenvalue weighted by Crippen LogP contribution is -2.43. The van der Waals surface area contributed by atoms with E-state index in [1.807, 2.05) is 18.2 Å². The Balaban J connectivity index is 1.46. The average Bonchev–Trinajstić information content (AvgIpc) is 2.95. The van der Waals surface area contributed by atoms with Crippen LogP contribution in [0.3, 0.4) is 0 Å². The first-order valence-corrected chi connectivity index (χ1v) is 10.4. The molecular weight excluding hydrogens is 342 g/mol. The van der Waals surface area contributed by atoms with Crippen molar-refractivity contribution in [3.05, 3.63) is 35.9 Å². The van der Waals surface area contributed by atoms with Crippen LogP contribution in [0.2, 0.25) is 0 Å². The summed E-state index contributed by atoms with van der Waals surface area (Å²) in [6.45, 7) is 2.44. The van der Waals surface area contributed by atoms with Gasteiger partial charge >= 0.3 is 0 Å². The zero-order valence-corrected chi connectivity index (χ0v) is 15.2. The second-order valence-corrected chi connectivity index (χ2v) is 8.59. The monoisotopic (exact) mass is 367 g/mol. The maximum Gasteiger partial charge on any atom is 0.221 e. The Hall–Kier alpha value is -1.48. The second-order valence-electron chi connectivity index (χ2n) is 6.76. The lowest BCUT2D eigenvalue weighted by molar-refractivity contribution is -0.121. The maximum atomic E-state index is 12.0. The van der Waals surface area contributed by atoms with Crippen LogP contribution in [-0.2, 0) is 19.6 Å². The molecule has 138 valence electrons. The summed E-state index contributed by atoms with van der Waals surface area (Å²) in [5, 5.41) is 3.01. The fourth-order valence-corrected chi connectivity index (χ4v) is 3.97. The summed E-state index contributed by atoms with van der Waals surface area (Å²) in [5.74, 6) is -0.124. The molecule has 7 nitrogen and oxygen atoms in total. The SMILES string of the molecule is CS(=O)(=O)NCCC(=O)N[C@H]1C[C@H]2CO[C@@H](c3ccccc3)CN2C1. The molecule has 2 fully saturated rings. The third-order valence-electron chi connectivity index (χ3n) is 4.67. The minimum absolute atomic E-state index is 0.0749. The van der Waals surface area contributed by atoms with E-state index in [-0.39, 0.29) is 31.0 Å². The number of carbonyl (C=O) groups excluding carboxylic acids is 1. The summed E-state index contributed by atoms with van der Waals surface area (Å²) >= 11 is 0. The molecule has 0 saturated carbocycles. The topological polar surface area (TPSA) is 87.7 Å². The fraction of sp³-hybridized carbons (Fsp3) is 0.588. The van der Waals surface area contributed by atoms with Crippen LogP contribution in [0, 0.1) is 0 Å². The van der Waals surface area contributed by atoms with Crippen molar-refractivity contribution in [2.45, 2.75) is 31.0 Å². The van der Waals surface area contributed by atoms with Crippen molar-refractivity contribution in [1.29, 1.82) is 0 Å². The van der Waals surface area contributed by atoms with Gasteiger partial charge in [0.15, 0.2) is 0 Å². The minimum atomic E-state index is -3.25. The first-order valence-electron chi connectivity index (χ1n) is 8.55. The number of hydrogen-bond acceptors (Lipinski definition) is 5. The molecule has 0 aliphatic carbocycles. The van der Waals surface area contributed by atoms with Crippen molar-refractivity contribution in [3.8, 4) is 0 Å². The van der Waals surface area contributed by atoms with Crippen LogP contribution in [0.1, 0.15) is 24.5 Å². The van der Waals surface area contributed by atoms with Crippen molar-refractivity contribution in [2.75, 3.05) is 32.5 Å². The molecule has 2 N–H and O–H groups in total. The van der Waals surface area contributed by atoms with Crippen LogP contribution in [0.25, 0.3) is 0 Å². The highest BCUT2D eigenvalue weighted by atomic mass is 32.2. The molecule has 2 aliphatic heterocycles. The van der Waals surface area contributed by atoms with E-state index in [0.717, 1.165) is 25.8 Å². The van der Waals surface area contributed by atoms with E-state index in [9.17, 15) is 13.2 Å². The predicted molar refractivity (Wildman–Crippen MR) is 94.5 cm³/mol. The van der Waals surface area contributed by atoms with Gasteiger partial charge < -0.3 is 10.1 Å². The van der Waals surface area contributed by atoms with Crippen molar-refractivity contribution >= 4 is 15.9 Å². The number of morpholine rings is 1. The van der Waals surface area contributed by atoms with Crippen LogP contribution >= 0.6 is 0 Å². The Bertz CT molecular complexity index is 695. The van der Waals surface area contributed by atoms with Gasteiger partial charge in [0.05, 0.1) is 19.0 Å². The van der Waals surface area contributed by atoms with Crippen LogP contribution in [0.5, 0.6) is 0 Å². The Morgan fingerprint density at radius 3 is 2.76 bits per heavy atom. The molecule has 2 aliphatic rings. The van der Waals surface area contributed by atoms with Crippen LogP contribution in [-0.4, -0.2) is 63.8 Å². The average molecular weight is 367 g/mol. The molecule has 8 heteroatoms. The van der Waals surface area contributed by atoms with Crippen LogP contribution in [0.15, 0.2) is 30.3 Å². The van der Waals surface area contributed by atoms with Gasteiger partial charge in [0.25, 0.3) is 0 Å². The normalized spacial score (nSPS) is 27.0. The third-order valence-corrected chi connectivity index (χ3v) is 5.40. The van der Waals surface area contributed by atoms with Gasteiger partial charge in [-0.15, -0.1) is 0 Å². The molecule has 1 amide bonds. The standard InChI is InChI=1S/C17H25N3O4S/c1-25(22,23)18-8-7-17(21)19-14-9-15-12-24-16(11-20(15)10-14)13-5-3-2-4-6-13/h2-6,14-16,18H,7-12H2,1H3,(H,19,21)/t14-,15-,16+/m0/s1. The Kier molecular flexibility index (Phi) is 5.73. The van der Waals surface area contributed by atoms with Crippen molar-refractivity contribution < 1.29 is 17.9 Å². The Morgan fingerprint density at radius 2 is 2.04 bits per heavy atom. The fourth-order valence-electron chi connectivity index (χ4n) is 3.50.